The lowest BCUT2D eigenvalue weighted by molar-refractivity contribution is 0.149. The van der Waals surface area contributed by atoms with Crippen LogP contribution in [-0.2, 0) is 4.74 Å². The molecule has 0 bridgehead atoms. The molecule has 0 aromatic rings. The first-order chi connectivity index (χ1) is 6.24. The number of ether oxygens (including phenoxy) is 1. The fourth-order valence-electron chi connectivity index (χ4n) is 1.48. The summed E-state index contributed by atoms with van der Waals surface area (Å²) in [6.07, 6.45) is 8.26. The number of nitrogens with one attached hydrogen (secondary N) is 1. The lowest BCUT2D eigenvalue weighted by atomic mass is 9.99. The van der Waals surface area contributed by atoms with Gasteiger partial charge in [-0.2, -0.15) is 0 Å². The van der Waals surface area contributed by atoms with Gasteiger partial charge in [0.15, 0.2) is 0 Å². The number of rotatable bonds is 7. The SMILES string of the molecule is C#CCCC(CC(C)COC)NC. The van der Waals surface area contributed by atoms with Gasteiger partial charge >= 0.3 is 0 Å². The van der Waals surface area contributed by atoms with Crippen LogP contribution in [0.1, 0.15) is 26.2 Å². The van der Waals surface area contributed by atoms with Crippen LogP contribution in [0.4, 0.5) is 0 Å². The van der Waals surface area contributed by atoms with Crippen LogP contribution in [0.25, 0.3) is 0 Å². The monoisotopic (exact) mass is 183 g/mol. The molecular weight excluding hydrogens is 162 g/mol. The number of terminal acetylenes is 1. The van der Waals surface area contributed by atoms with E-state index in [0.29, 0.717) is 12.0 Å². The quantitative estimate of drug-likeness (QED) is 0.606. The Labute approximate surface area is 82.1 Å². The molecule has 13 heavy (non-hydrogen) atoms. The van der Waals surface area contributed by atoms with E-state index in [2.05, 4.69) is 18.2 Å². The van der Waals surface area contributed by atoms with Crippen LogP contribution < -0.4 is 5.32 Å². The molecule has 0 saturated carbocycles. The third kappa shape index (κ3) is 6.62. The Morgan fingerprint density at radius 2 is 2.23 bits per heavy atom. The summed E-state index contributed by atoms with van der Waals surface area (Å²) in [7, 11) is 3.73. The summed E-state index contributed by atoms with van der Waals surface area (Å²) in [5, 5.41) is 3.28. The molecule has 0 aromatic heterocycles. The molecule has 0 heterocycles. The molecule has 2 nitrogen and oxygen atoms in total. The minimum atomic E-state index is 0.529. The van der Waals surface area contributed by atoms with E-state index in [-0.39, 0.29) is 0 Å². The summed E-state index contributed by atoms with van der Waals surface area (Å²) in [6, 6.07) is 0.529. The predicted molar refractivity (Wildman–Crippen MR) is 56.6 cm³/mol. The van der Waals surface area contributed by atoms with Crippen molar-refractivity contribution in [3.8, 4) is 12.3 Å². The van der Waals surface area contributed by atoms with Gasteiger partial charge in [0.1, 0.15) is 0 Å². The van der Waals surface area contributed by atoms with Gasteiger partial charge in [-0.05, 0) is 25.8 Å². The molecular formula is C11H21NO. The first-order valence-corrected chi connectivity index (χ1v) is 4.84. The Hall–Kier alpha value is -0.520. The Balaban J connectivity index is 3.63. The maximum absolute atomic E-state index is 5.22. The van der Waals surface area contributed by atoms with Crippen molar-refractivity contribution >= 4 is 0 Å². The van der Waals surface area contributed by atoms with Gasteiger partial charge in [-0.1, -0.05) is 6.92 Å². The van der Waals surface area contributed by atoms with Gasteiger partial charge in [0.25, 0.3) is 0 Å². The smallest absolute Gasteiger partial charge is 0.0488 e. The molecule has 76 valence electrons. The van der Waals surface area contributed by atoms with Gasteiger partial charge in [-0.25, -0.2) is 0 Å². The van der Waals surface area contributed by atoms with Gasteiger partial charge in [0.2, 0.25) is 0 Å². The maximum atomic E-state index is 5.22. The minimum absolute atomic E-state index is 0.529. The molecule has 0 aliphatic carbocycles. The molecule has 2 atom stereocenters. The Morgan fingerprint density at radius 1 is 1.54 bits per heavy atom. The lowest BCUT2D eigenvalue weighted by Crippen LogP contribution is -2.28. The summed E-state index contributed by atoms with van der Waals surface area (Å²) >= 11 is 0. The van der Waals surface area contributed by atoms with Crippen molar-refractivity contribution in [2.24, 2.45) is 5.92 Å². The molecule has 0 saturated heterocycles. The zero-order chi connectivity index (χ0) is 10.1. The highest BCUT2D eigenvalue weighted by molar-refractivity contribution is 4.85. The average Bonchev–Trinajstić information content (AvgIpc) is 2.12. The van der Waals surface area contributed by atoms with Gasteiger partial charge in [-0.3, -0.25) is 0 Å². The summed E-state index contributed by atoms with van der Waals surface area (Å²) in [5.74, 6) is 3.26. The summed E-state index contributed by atoms with van der Waals surface area (Å²) in [5.41, 5.74) is 0. The van der Waals surface area contributed by atoms with Crippen LogP contribution in [0.5, 0.6) is 0 Å². The van der Waals surface area contributed by atoms with E-state index in [1.54, 1.807) is 7.11 Å². The van der Waals surface area contributed by atoms with Crippen molar-refractivity contribution in [1.29, 1.82) is 0 Å². The highest BCUT2D eigenvalue weighted by atomic mass is 16.5. The summed E-state index contributed by atoms with van der Waals surface area (Å²) in [4.78, 5) is 0. The van der Waals surface area contributed by atoms with E-state index in [4.69, 9.17) is 11.2 Å². The average molecular weight is 183 g/mol. The highest BCUT2D eigenvalue weighted by Gasteiger charge is 2.10. The lowest BCUT2D eigenvalue weighted by Gasteiger charge is -2.19. The standard InChI is InChI=1S/C11H21NO/c1-5-6-7-11(12-3)8-10(2)9-13-4/h1,10-12H,6-9H2,2-4H3. The number of methoxy groups -OCH3 is 1. The summed E-state index contributed by atoms with van der Waals surface area (Å²) in [6.45, 7) is 3.03. The van der Waals surface area contributed by atoms with Crippen molar-refractivity contribution in [3.63, 3.8) is 0 Å². The zero-order valence-electron chi connectivity index (χ0n) is 8.97. The fourth-order valence-corrected chi connectivity index (χ4v) is 1.48. The second-order valence-electron chi connectivity index (χ2n) is 3.52. The molecule has 0 fully saturated rings. The predicted octanol–water partition coefficient (Wildman–Crippen LogP) is 1.66. The van der Waals surface area contributed by atoms with Crippen LogP contribution in [0.2, 0.25) is 0 Å². The fraction of sp³-hybridized carbons (Fsp3) is 0.818. The molecule has 0 rings (SSSR count). The highest BCUT2D eigenvalue weighted by Crippen LogP contribution is 2.10. The molecule has 2 unspecified atom stereocenters. The van der Waals surface area contributed by atoms with Crippen molar-refractivity contribution < 1.29 is 4.74 Å². The molecule has 0 aliphatic rings. The molecule has 0 radical (unpaired) electrons. The Kier molecular flexibility index (Phi) is 7.77. The molecule has 0 spiro atoms. The third-order valence-corrected chi connectivity index (χ3v) is 2.18. The van der Waals surface area contributed by atoms with Crippen molar-refractivity contribution in [1.82, 2.24) is 5.32 Å². The maximum Gasteiger partial charge on any atom is 0.0488 e. The van der Waals surface area contributed by atoms with Crippen molar-refractivity contribution in [2.45, 2.75) is 32.2 Å². The molecule has 0 amide bonds. The third-order valence-electron chi connectivity index (χ3n) is 2.18. The molecule has 0 aromatic carbocycles. The van der Waals surface area contributed by atoms with E-state index in [1.807, 2.05) is 7.05 Å². The van der Waals surface area contributed by atoms with Gasteiger partial charge in [0, 0.05) is 26.2 Å². The van der Waals surface area contributed by atoms with E-state index >= 15 is 0 Å². The summed E-state index contributed by atoms with van der Waals surface area (Å²) < 4.78 is 5.09. The van der Waals surface area contributed by atoms with Crippen LogP contribution in [-0.4, -0.2) is 26.8 Å². The van der Waals surface area contributed by atoms with E-state index in [1.165, 1.54) is 0 Å². The zero-order valence-corrected chi connectivity index (χ0v) is 8.97. The van der Waals surface area contributed by atoms with Crippen LogP contribution in [0.15, 0.2) is 0 Å². The Morgan fingerprint density at radius 3 is 2.69 bits per heavy atom. The van der Waals surface area contributed by atoms with E-state index < -0.39 is 0 Å². The van der Waals surface area contributed by atoms with Gasteiger partial charge < -0.3 is 10.1 Å². The first-order valence-electron chi connectivity index (χ1n) is 4.84. The molecule has 2 heteroatoms. The van der Waals surface area contributed by atoms with Crippen molar-refractivity contribution in [2.75, 3.05) is 20.8 Å². The Bertz CT molecular complexity index is 151. The number of hydrogen-bond acceptors (Lipinski definition) is 2. The molecule has 1 N–H and O–H groups in total. The van der Waals surface area contributed by atoms with Crippen molar-refractivity contribution in [3.05, 3.63) is 0 Å². The van der Waals surface area contributed by atoms with Gasteiger partial charge in [0.05, 0.1) is 0 Å². The van der Waals surface area contributed by atoms with E-state index in [9.17, 15) is 0 Å². The minimum Gasteiger partial charge on any atom is -0.384 e. The topological polar surface area (TPSA) is 21.3 Å². The second-order valence-corrected chi connectivity index (χ2v) is 3.52. The molecule has 0 aliphatic heterocycles. The second kappa shape index (κ2) is 8.10. The largest absolute Gasteiger partial charge is 0.384 e. The first kappa shape index (κ1) is 12.5. The van der Waals surface area contributed by atoms with E-state index in [0.717, 1.165) is 25.9 Å². The van der Waals surface area contributed by atoms with Crippen LogP contribution in [0, 0.1) is 18.3 Å². The van der Waals surface area contributed by atoms with Crippen LogP contribution in [0.3, 0.4) is 0 Å². The number of hydrogen-bond donors (Lipinski definition) is 1. The van der Waals surface area contributed by atoms with Crippen LogP contribution >= 0.6 is 0 Å². The van der Waals surface area contributed by atoms with Gasteiger partial charge in [-0.15, -0.1) is 12.3 Å². The normalized spacial score (nSPS) is 14.9.